The van der Waals surface area contributed by atoms with Crippen molar-refractivity contribution in [2.45, 2.75) is 39.2 Å². The first-order valence-electron chi connectivity index (χ1n) is 27.7. The molecule has 0 atom stereocenters. The first-order valence-corrected chi connectivity index (χ1v) is 31.0. The van der Waals surface area contributed by atoms with Gasteiger partial charge in [0.05, 0.1) is 16.7 Å². The summed E-state index contributed by atoms with van der Waals surface area (Å²) < 4.78 is 2.67. The van der Waals surface area contributed by atoms with E-state index in [0.717, 1.165) is 0 Å². The fraction of sp³-hybridized carbons (Fsp3) is 0. The Morgan fingerprint density at radius 1 is 0.228 bits per heavy atom. The van der Waals surface area contributed by atoms with Gasteiger partial charge in [0.2, 0.25) is 0 Å². The van der Waals surface area contributed by atoms with Gasteiger partial charge in [-0.1, -0.05) is 149 Å². The number of aromatic nitrogens is 1. The predicted octanol–water partition coefficient (Wildman–Crippen LogP) is 1.38. The van der Waals surface area contributed by atoms with E-state index in [1.54, 1.807) is 0 Å². The van der Waals surface area contributed by atoms with Crippen LogP contribution in [-0.4, -0.2) is 83.0 Å². The lowest BCUT2D eigenvalue weighted by molar-refractivity contribution is 1.16. The van der Waals surface area contributed by atoms with E-state index in [2.05, 4.69) is 320 Å². The molecule has 0 saturated carbocycles. The van der Waals surface area contributed by atoms with Crippen LogP contribution >= 0.6 is 20.1 Å². The van der Waals surface area contributed by atoms with Crippen molar-refractivity contribution in [2.24, 2.45) is 0 Å². The Bertz CT molecular complexity index is 3950. The van der Waals surface area contributed by atoms with Gasteiger partial charge in [-0.2, -0.15) is 0 Å². The molecule has 0 saturated heterocycles. The van der Waals surface area contributed by atoms with Gasteiger partial charge in [0.1, 0.15) is 78.5 Å². The fourth-order valence-corrected chi connectivity index (χ4v) is 20.8. The molecule has 0 aliphatic carbocycles. The Balaban J connectivity index is 1.32. The lowest BCUT2D eigenvalue weighted by Crippen LogP contribution is -2.55. The zero-order valence-corrected chi connectivity index (χ0v) is 48.9. The van der Waals surface area contributed by atoms with Crippen LogP contribution in [0.1, 0.15) is 0 Å². The molecule has 0 unspecified atom stereocenters. The highest BCUT2D eigenvalue weighted by Gasteiger charge is 2.38. The maximum Gasteiger partial charge on any atom is 0.139 e. The second-order valence-electron chi connectivity index (χ2n) is 21.5. The summed E-state index contributed by atoms with van der Waals surface area (Å²) in [6, 6.07) is 89.9. The minimum Gasteiger partial charge on any atom is -0.308 e. The van der Waals surface area contributed by atoms with E-state index >= 15 is 0 Å². The number of hydrogen-bond donors (Lipinski definition) is 0. The number of para-hydroxylation sites is 1. The van der Waals surface area contributed by atoms with E-state index in [1.807, 2.05) is 0 Å². The van der Waals surface area contributed by atoms with Crippen molar-refractivity contribution >= 4 is 175 Å². The minimum atomic E-state index is -2.16. The fourth-order valence-electron chi connectivity index (χ4n) is 13.0. The van der Waals surface area contributed by atoms with Crippen molar-refractivity contribution < 1.29 is 0 Å². The molecule has 0 aliphatic rings. The average molecular weight is 1040 g/mol. The first kappa shape index (κ1) is 52.3. The van der Waals surface area contributed by atoms with Gasteiger partial charge in [-0.3, -0.25) is 0 Å². The van der Waals surface area contributed by atoms with Crippen molar-refractivity contribution in [3.63, 3.8) is 0 Å². The van der Waals surface area contributed by atoms with Gasteiger partial charge in [-0.25, -0.2) is 0 Å². The van der Waals surface area contributed by atoms with E-state index < -0.39 is 20.1 Å². The molecule has 0 bridgehead atoms. The Morgan fingerprint density at radius 2 is 0.506 bits per heavy atom. The molecular weight excluding hydrogens is 979 g/mol. The van der Waals surface area contributed by atoms with Crippen molar-refractivity contribution in [1.82, 2.24) is 4.57 Å². The average Bonchev–Trinajstić information content (AvgIpc) is 4.11. The lowest BCUT2D eigenvalue weighted by Gasteiger charge is -2.43. The van der Waals surface area contributed by atoms with Crippen LogP contribution in [0.3, 0.4) is 0 Å². The number of hydrogen-bond acceptors (Lipinski definition) is 0. The van der Waals surface area contributed by atoms with Crippen LogP contribution in [0, 0.1) is 0 Å². The monoisotopic (exact) mass is 1040 g/mol. The molecule has 1 aromatic heterocycles. The van der Waals surface area contributed by atoms with Crippen LogP contribution in [0.2, 0.25) is 0 Å². The molecule has 0 spiro atoms. The molecule has 0 radical (unpaired) electrons. The van der Waals surface area contributed by atoms with Crippen molar-refractivity contribution in [3.8, 4) is 27.9 Å². The summed E-state index contributed by atoms with van der Waals surface area (Å²) in [5, 5.41) is 2.47. The number of fused-ring (bicyclic) bond motifs is 3. The van der Waals surface area contributed by atoms with E-state index in [1.165, 1.54) is 144 Å². The van der Waals surface area contributed by atoms with Crippen LogP contribution in [0.4, 0.5) is 0 Å². The second kappa shape index (κ2) is 21.0. The summed E-state index contributed by atoms with van der Waals surface area (Å²) in [6.07, 6.45) is 0. The molecule has 13 heteroatoms. The zero-order valence-electron chi connectivity index (χ0n) is 47.3. The highest BCUT2D eigenvalue weighted by Crippen LogP contribution is 2.75. The minimum absolute atomic E-state index is 1.18. The van der Waals surface area contributed by atoms with Crippen molar-refractivity contribution in [3.05, 3.63) is 237 Å². The SMILES string of the molecule is Bc1c(B)c(B)c(-c2cc(S(c3ccccc3)(c3ccccc3)c3ccccc3)cc(-c3c(B)c(B)c(B)c(B)c3B)c2-n2c3ccccc3c3cc(S(c4ccccc4)(c4ccccc4)c4ccccc4)ccc32)c(B)c1B. The smallest absolute Gasteiger partial charge is 0.139 e. The molecule has 0 fully saturated rings. The van der Waals surface area contributed by atoms with Gasteiger partial charge < -0.3 is 4.57 Å². The molecule has 370 valence electrons. The highest BCUT2D eigenvalue weighted by atomic mass is 32.3. The third-order valence-electron chi connectivity index (χ3n) is 17.8. The largest absolute Gasteiger partial charge is 0.308 e. The van der Waals surface area contributed by atoms with Gasteiger partial charge in [-0.05, 0) is 120 Å². The topological polar surface area (TPSA) is 4.93 Å². The normalized spacial score (nSPS) is 12.2. The van der Waals surface area contributed by atoms with Crippen LogP contribution < -0.4 is 54.6 Å². The number of nitrogens with zero attached hydrogens (tertiary/aromatic N) is 1. The quantitative estimate of drug-likeness (QED) is 0.173. The molecule has 12 aromatic rings. The van der Waals surface area contributed by atoms with Crippen molar-refractivity contribution in [2.75, 3.05) is 0 Å². The van der Waals surface area contributed by atoms with E-state index in [-0.39, 0.29) is 0 Å². The Morgan fingerprint density at radius 3 is 0.848 bits per heavy atom. The summed E-state index contributed by atoms with van der Waals surface area (Å²) in [6.45, 7) is 0. The molecule has 1 nitrogen and oxygen atoms in total. The highest BCUT2D eigenvalue weighted by molar-refractivity contribution is 8.34. The third-order valence-corrected chi connectivity index (χ3v) is 25.6. The van der Waals surface area contributed by atoms with Gasteiger partial charge in [0.25, 0.3) is 0 Å². The molecular formula is C66H59B10NS2. The predicted molar refractivity (Wildman–Crippen MR) is 373 cm³/mol. The second-order valence-corrected chi connectivity index (χ2v) is 27.7. The Hall–Kier alpha value is -7.43. The molecule has 0 N–H and O–H groups in total. The van der Waals surface area contributed by atoms with Gasteiger partial charge in [-0.15, -0.1) is 52.8 Å². The Kier molecular flexibility index (Phi) is 13.9. The number of benzene rings is 11. The van der Waals surface area contributed by atoms with E-state index in [0.29, 0.717) is 0 Å². The first-order chi connectivity index (χ1) is 38.4. The van der Waals surface area contributed by atoms with Crippen LogP contribution in [-0.2, 0) is 0 Å². The maximum absolute atomic E-state index is 2.67. The summed E-state index contributed by atoms with van der Waals surface area (Å²) in [5.74, 6) is 0. The molecule has 1 heterocycles. The molecule has 79 heavy (non-hydrogen) atoms. The van der Waals surface area contributed by atoms with Crippen LogP contribution in [0.25, 0.3) is 49.7 Å². The van der Waals surface area contributed by atoms with Crippen LogP contribution in [0.5, 0.6) is 0 Å². The Labute approximate surface area is 479 Å². The van der Waals surface area contributed by atoms with Crippen LogP contribution in [0.15, 0.2) is 276 Å². The van der Waals surface area contributed by atoms with Crippen molar-refractivity contribution in [1.29, 1.82) is 0 Å². The summed E-state index contributed by atoms with van der Waals surface area (Å²) in [5.41, 5.74) is 22.0. The molecule has 11 aromatic carbocycles. The third kappa shape index (κ3) is 8.25. The van der Waals surface area contributed by atoms with Gasteiger partial charge in [0, 0.05) is 61.1 Å². The summed E-state index contributed by atoms with van der Waals surface area (Å²) in [7, 11) is 19.3. The summed E-state index contributed by atoms with van der Waals surface area (Å²) in [4.78, 5) is 10.4. The number of rotatable bonds is 11. The van der Waals surface area contributed by atoms with E-state index in [9.17, 15) is 0 Å². The zero-order chi connectivity index (χ0) is 54.7. The molecule has 0 aliphatic heterocycles. The lowest BCUT2D eigenvalue weighted by atomic mass is 9.58. The molecule has 0 amide bonds. The van der Waals surface area contributed by atoms with Gasteiger partial charge in [0.15, 0.2) is 0 Å². The van der Waals surface area contributed by atoms with Gasteiger partial charge >= 0.3 is 0 Å². The van der Waals surface area contributed by atoms with E-state index in [4.69, 9.17) is 0 Å². The molecule has 12 rings (SSSR count). The summed E-state index contributed by atoms with van der Waals surface area (Å²) >= 11 is 0. The maximum atomic E-state index is 2.67. The standard InChI is InChI=1S/C66H59B10NS2/c67-56-54(57(68)61(72)64(75)60(56)71)50-38-47(79(43-27-13-4-14-28-43,44-29-15-5-16-30-44)45-31-17-6-18-32-45)39-51(55-58(69)62(73)65(76)63(74)59(55)70)66(50)77-52-34-20-19-33-48(52)49-37-46(35-36-53(49)77)78(40-21-7-1-8-22-40,41-23-9-2-10-24-41)42-25-11-3-12-26-42/h1-39H,67-76H2.